The van der Waals surface area contributed by atoms with Gasteiger partial charge in [0.05, 0.1) is 11.8 Å². The summed E-state index contributed by atoms with van der Waals surface area (Å²) in [5.41, 5.74) is 6.01. The second-order valence-corrected chi connectivity index (χ2v) is 6.69. The fourth-order valence-corrected chi connectivity index (χ4v) is 3.02. The van der Waals surface area contributed by atoms with Crippen molar-refractivity contribution in [3.05, 3.63) is 71.4 Å². The summed E-state index contributed by atoms with van der Waals surface area (Å²) < 4.78 is 6.25. The van der Waals surface area contributed by atoms with Crippen molar-refractivity contribution in [1.82, 2.24) is 9.99 Å². The molecule has 0 atom stereocenters. The van der Waals surface area contributed by atoms with Crippen molar-refractivity contribution >= 4 is 12.1 Å². The number of benzene rings is 1. The molecule has 0 aliphatic carbocycles. The maximum atomic E-state index is 6.25. The van der Waals surface area contributed by atoms with E-state index in [1.54, 1.807) is 23.6 Å². The van der Waals surface area contributed by atoms with Crippen molar-refractivity contribution in [2.45, 2.75) is 27.7 Å². The van der Waals surface area contributed by atoms with Gasteiger partial charge in [-0.2, -0.15) is 5.10 Å². The summed E-state index contributed by atoms with van der Waals surface area (Å²) in [6.45, 7) is 11.8. The zero-order valence-corrected chi connectivity index (χ0v) is 16.4. The molecule has 0 unspecified atom stereocenters. The van der Waals surface area contributed by atoms with Crippen molar-refractivity contribution < 1.29 is 4.74 Å². The average molecular weight is 360 g/mol. The van der Waals surface area contributed by atoms with Gasteiger partial charge < -0.3 is 4.74 Å². The third kappa shape index (κ3) is 3.97. The zero-order chi connectivity index (χ0) is 19.6. The Labute approximate surface area is 160 Å². The Morgan fingerprint density at radius 3 is 2.30 bits per heavy atom. The minimum Gasteiger partial charge on any atom is -0.461 e. The molecule has 1 aliphatic rings. The van der Waals surface area contributed by atoms with E-state index in [0.717, 1.165) is 50.9 Å². The number of aromatic nitrogens is 1. The van der Waals surface area contributed by atoms with Gasteiger partial charge in [-0.05, 0) is 74.2 Å². The minimum absolute atomic E-state index is 0.724. The molecule has 1 aromatic heterocycles. The Hall–Kier alpha value is -3.21. The van der Waals surface area contributed by atoms with Gasteiger partial charge in [-0.25, -0.2) is 4.99 Å². The van der Waals surface area contributed by atoms with Gasteiger partial charge in [-0.3, -0.25) is 9.99 Å². The molecular weight excluding hydrogens is 336 g/mol. The number of hydrogen-bond donors (Lipinski definition) is 0. The Balaban J connectivity index is 1.96. The molecule has 0 saturated carbocycles. The molecule has 27 heavy (non-hydrogen) atoms. The predicted octanol–water partition coefficient (Wildman–Crippen LogP) is 4.88. The lowest BCUT2D eigenvalue weighted by molar-refractivity contribution is 0.420. The lowest BCUT2D eigenvalue weighted by Gasteiger charge is -2.16. The molecule has 0 saturated heterocycles. The monoisotopic (exact) mass is 360 g/mol. The summed E-state index contributed by atoms with van der Waals surface area (Å²) in [6, 6.07) is 8.28. The van der Waals surface area contributed by atoms with Crippen LogP contribution in [0.4, 0.5) is 0 Å². The minimum atomic E-state index is 0.724. The van der Waals surface area contributed by atoms with E-state index in [2.05, 4.69) is 47.6 Å². The molecule has 5 nitrogen and oxygen atoms in total. The molecule has 0 spiro atoms. The topological polar surface area (TPSA) is 50.1 Å². The number of nitrogens with zero attached hydrogens (tertiary/aromatic N) is 4. The first-order valence-electron chi connectivity index (χ1n) is 8.79. The molecule has 0 radical (unpaired) electrons. The summed E-state index contributed by atoms with van der Waals surface area (Å²) in [5.74, 6) is 2.35. The number of allylic oxidation sites excluding steroid dienone is 2. The van der Waals surface area contributed by atoms with E-state index < -0.39 is 0 Å². The van der Waals surface area contributed by atoms with Crippen LogP contribution in [0.1, 0.15) is 25.0 Å². The molecule has 138 valence electrons. The molecule has 0 fully saturated rings. The fourth-order valence-electron chi connectivity index (χ4n) is 3.02. The van der Waals surface area contributed by atoms with Crippen LogP contribution in [0.3, 0.4) is 0 Å². The summed E-state index contributed by atoms with van der Waals surface area (Å²) >= 11 is 0. The largest absolute Gasteiger partial charge is 0.461 e. The molecule has 2 aromatic rings. The van der Waals surface area contributed by atoms with E-state index in [1.165, 1.54) is 0 Å². The summed E-state index contributed by atoms with van der Waals surface area (Å²) in [7, 11) is 1.86. The zero-order valence-electron chi connectivity index (χ0n) is 16.4. The first-order valence-corrected chi connectivity index (χ1v) is 8.79. The third-order valence-corrected chi connectivity index (χ3v) is 4.31. The Bertz CT molecular complexity index is 948. The van der Waals surface area contributed by atoms with Crippen LogP contribution >= 0.6 is 0 Å². The van der Waals surface area contributed by atoms with E-state index in [9.17, 15) is 0 Å². The van der Waals surface area contributed by atoms with E-state index in [4.69, 9.17) is 4.74 Å². The fraction of sp³-hybridized carbons (Fsp3) is 0.227. The third-order valence-electron chi connectivity index (χ3n) is 4.31. The second-order valence-electron chi connectivity index (χ2n) is 6.69. The molecule has 1 aromatic carbocycles. The SMILES string of the molecule is C=C(C)N=C1/C(=C(\C)Oc2c(C)cc(-c3ccncc3)cc2C)C=NN1C. The quantitative estimate of drug-likeness (QED) is 0.730. The first-order chi connectivity index (χ1) is 12.9. The summed E-state index contributed by atoms with van der Waals surface area (Å²) in [5, 5.41) is 6.03. The number of amidine groups is 1. The molecule has 0 N–H and O–H groups in total. The van der Waals surface area contributed by atoms with Gasteiger partial charge in [0.15, 0.2) is 5.84 Å². The highest BCUT2D eigenvalue weighted by Crippen LogP contribution is 2.32. The van der Waals surface area contributed by atoms with Crippen molar-refractivity contribution in [1.29, 1.82) is 0 Å². The highest BCUT2D eigenvalue weighted by Gasteiger charge is 2.21. The van der Waals surface area contributed by atoms with Crippen LogP contribution in [-0.2, 0) is 0 Å². The van der Waals surface area contributed by atoms with E-state index in [-0.39, 0.29) is 0 Å². The van der Waals surface area contributed by atoms with Crippen molar-refractivity contribution in [3.8, 4) is 16.9 Å². The number of pyridine rings is 1. The van der Waals surface area contributed by atoms with Gasteiger partial charge in [0.25, 0.3) is 0 Å². The van der Waals surface area contributed by atoms with Gasteiger partial charge >= 0.3 is 0 Å². The van der Waals surface area contributed by atoms with Crippen molar-refractivity contribution in [3.63, 3.8) is 0 Å². The maximum Gasteiger partial charge on any atom is 0.161 e. The number of aliphatic imine (C=N–C) groups is 1. The molecule has 1 aliphatic heterocycles. The van der Waals surface area contributed by atoms with Gasteiger partial charge in [0.1, 0.15) is 11.5 Å². The van der Waals surface area contributed by atoms with Crippen molar-refractivity contribution in [2.24, 2.45) is 10.1 Å². The molecule has 2 heterocycles. The van der Waals surface area contributed by atoms with Crippen molar-refractivity contribution in [2.75, 3.05) is 7.05 Å². The lowest BCUT2D eigenvalue weighted by atomic mass is 10.0. The summed E-state index contributed by atoms with van der Waals surface area (Å²) in [6.07, 6.45) is 5.38. The lowest BCUT2D eigenvalue weighted by Crippen LogP contribution is -2.19. The maximum absolute atomic E-state index is 6.25. The second kappa shape index (κ2) is 7.58. The number of hydrazone groups is 1. The molecule has 0 bridgehead atoms. The van der Waals surface area contributed by atoms with Crippen LogP contribution in [0.5, 0.6) is 5.75 Å². The van der Waals surface area contributed by atoms with E-state index >= 15 is 0 Å². The average Bonchev–Trinajstić information content (AvgIpc) is 2.98. The van der Waals surface area contributed by atoms with Crippen LogP contribution < -0.4 is 4.74 Å². The van der Waals surface area contributed by atoms with Crippen LogP contribution in [0.2, 0.25) is 0 Å². The van der Waals surface area contributed by atoms with Crippen LogP contribution in [0.25, 0.3) is 11.1 Å². The number of likely N-dealkylation sites (N-methyl/N-ethyl adjacent to an activating group) is 1. The Morgan fingerprint density at radius 1 is 1.07 bits per heavy atom. The molecule has 0 amide bonds. The van der Waals surface area contributed by atoms with E-state index in [1.807, 2.05) is 33.0 Å². The highest BCUT2D eigenvalue weighted by atomic mass is 16.5. The Kier molecular flexibility index (Phi) is 5.21. The number of aryl methyl sites for hydroxylation is 2. The highest BCUT2D eigenvalue weighted by molar-refractivity contribution is 6.18. The van der Waals surface area contributed by atoms with Gasteiger partial charge in [0.2, 0.25) is 0 Å². The van der Waals surface area contributed by atoms with Gasteiger partial charge in [0, 0.05) is 25.1 Å². The number of ether oxygens (including phenoxy) is 1. The van der Waals surface area contributed by atoms with Crippen LogP contribution in [0, 0.1) is 13.8 Å². The summed E-state index contributed by atoms with van der Waals surface area (Å²) in [4.78, 5) is 8.57. The van der Waals surface area contributed by atoms with E-state index in [0.29, 0.717) is 0 Å². The number of hydrogen-bond acceptors (Lipinski definition) is 4. The van der Waals surface area contributed by atoms with Crippen LogP contribution in [0.15, 0.2) is 70.4 Å². The smallest absolute Gasteiger partial charge is 0.161 e. The Morgan fingerprint density at radius 2 is 1.70 bits per heavy atom. The van der Waals surface area contributed by atoms with Crippen LogP contribution in [-0.4, -0.2) is 29.1 Å². The first kappa shape index (κ1) is 18.6. The number of rotatable bonds is 4. The molecule has 3 rings (SSSR count). The standard InChI is InChI=1S/C22H24N4O/c1-14(2)25-22-20(13-24-26(22)6)17(5)27-21-15(3)11-19(12-16(21)4)18-7-9-23-10-8-18/h7-13H,1H2,2-6H3/b20-17+,25-22?. The normalized spacial score (nSPS) is 16.8. The predicted molar refractivity (Wildman–Crippen MR) is 111 cm³/mol. The van der Waals surface area contributed by atoms with Gasteiger partial charge in [-0.15, -0.1) is 0 Å². The molecular formula is C22H24N4O. The van der Waals surface area contributed by atoms with Gasteiger partial charge in [-0.1, -0.05) is 6.58 Å². The molecule has 5 heteroatoms.